The summed E-state index contributed by atoms with van der Waals surface area (Å²) in [4.78, 5) is 0. The molecule has 0 bridgehead atoms. The summed E-state index contributed by atoms with van der Waals surface area (Å²) in [5.74, 6) is 0. The summed E-state index contributed by atoms with van der Waals surface area (Å²) in [5, 5.41) is 0. The molecule has 0 radical (unpaired) electrons. The van der Waals surface area contributed by atoms with Crippen molar-refractivity contribution >= 4 is 32.3 Å². The Morgan fingerprint density at radius 1 is 0.933 bits per heavy atom. The molecule has 0 rings (SSSR count). The smallest absolute Gasteiger partial charge is 1.00 e. The van der Waals surface area contributed by atoms with E-state index in [0.717, 1.165) is 6.04 Å². The fourth-order valence-corrected chi connectivity index (χ4v) is 2.79. The second-order valence-corrected chi connectivity index (χ2v) is 7.09. The van der Waals surface area contributed by atoms with Gasteiger partial charge in [0.1, 0.15) is 0 Å². The molecule has 0 unspecified atom stereocenters. The molecular formula is C10H23IMgO2Si. The van der Waals surface area contributed by atoms with Crippen molar-refractivity contribution in [2.24, 2.45) is 0 Å². The Hall–Kier alpha value is 1.63. The number of rotatable bonds is 3. The van der Waals surface area contributed by atoms with Crippen molar-refractivity contribution in [2.45, 2.75) is 58.8 Å². The Kier molecular flexibility index (Phi) is 12.7. The molecule has 0 aromatic carbocycles. The standard InChI is InChI=1S/C10H23O2Si.HI.Mg/c1-8-13(11-9(2,3)4)12-10(5,6)7;;/h13H,1,8H2,2-7H3;1H;/q-1;;+2/p-1. The third-order valence-electron chi connectivity index (χ3n) is 1.21. The van der Waals surface area contributed by atoms with Crippen LogP contribution in [0.3, 0.4) is 0 Å². The van der Waals surface area contributed by atoms with Crippen LogP contribution in [0.5, 0.6) is 0 Å². The Balaban J connectivity index is -0.000000720. The minimum Gasteiger partial charge on any atom is -1.00 e. The zero-order valence-corrected chi connectivity index (χ0v) is 15.6. The summed E-state index contributed by atoms with van der Waals surface area (Å²) >= 11 is 0. The molecule has 0 aliphatic rings. The van der Waals surface area contributed by atoms with Gasteiger partial charge >= 0.3 is 23.1 Å². The molecule has 0 aromatic rings. The molecule has 15 heavy (non-hydrogen) atoms. The largest absolute Gasteiger partial charge is 2.00 e. The topological polar surface area (TPSA) is 18.5 Å². The Morgan fingerprint density at radius 3 is 1.33 bits per heavy atom. The van der Waals surface area contributed by atoms with Crippen LogP contribution >= 0.6 is 0 Å². The normalized spacial score (nSPS) is 12.0. The maximum absolute atomic E-state index is 5.82. The molecule has 0 heterocycles. The van der Waals surface area contributed by atoms with E-state index in [9.17, 15) is 0 Å². The summed E-state index contributed by atoms with van der Waals surface area (Å²) in [6.45, 7) is 16.2. The average Bonchev–Trinajstić information content (AvgIpc) is 1.79. The van der Waals surface area contributed by atoms with E-state index >= 15 is 0 Å². The van der Waals surface area contributed by atoms with Gasteiger partial charge in [-0.25, -0.2) is 0 Å². The van der Waals surface area contributed by atoms with Gasteiger partial charge in [0, 0.05) is 11.2 Å². The molecule has 0 N–H and O–H groups in total. The van der Waals surface area contributed by atoms with Gasteiger partial charge in [-0.3, -0.25) is 0 Å². The van der Waals surface area contributed by atoms with Gasteiger partial charge in [0.2, 0.25) is 0 Å². The predicted molar refractivity (Wildman–Crippen MR) is 64.7 cm³/mol. The summed E-state index contributed by atoms with van der Waals surface area (Å²) in [6, 6.07) is 0.772. The Labute approximate surface area is 130 Å². The quantitative estimate of drug-likeness (QED) is 0.379. The molecule has 5 heteroatoms. The second kappa shape index (κ2) is 8.68. The van der Waals surface area contributed by atoms with Crippen LogP contribution in [0.4, 0.5) is 0 Å². The van der Waals surface area contributed by atoms with Gasteiger partial charge in [0.05, 0.1) is 0 Å². The first-order valence-electron chi connectivity index (χ1n) is 4.79. The number of hydrogen-bond donors (Lipinski definition) is 0. The molecule has 88 valence electrons. The summed E-state index contributed by atoms with van der Waals surface area (Å²) in [6.07, 6.45) is 0. The monoisotopic (exact) mass is 354 g/mol. The van der Waals surface area contributed by atoms with Crippen LogP contribution in [0.2, 0.25) is 6.04 Å². The summed E-state index contributed by atoms with van der Waals surface area (Å²) < 4.78 is 11.6. The van der Waals surface area contributed by atoms with Crippen molar-refractivity contribution < 1.29 is 32.8 Å². The maximum Gasteiger partial charge on any atom is 2.00 e. The van der Waals surface area contributed by atoms with E-state index in [2.05, 4.69) is 48.5 Å². The van der Waals surface area contributed by atoms with E-state index in [-0.39, 0.29) is 58.2 Å². The third-order valence-corrected chi connectivity index (χ3v) is 3.62. The Bertz CT molecular complexity index is 138. The van der Waals surface area contributed by atoms with Gasteiger partial charge in [0.25, 0.3) is 9.28 Å². The van der Waals surface area contributed by atoms with Crippen LogP contribution < -0.4 is 24.0 Å². The molecule has 0 amide bonds. The zero-order chi connectivity index (χ0) is 10.7. The van der Waals surface area contributed by atoms with E-state index in [0.29, 0.717) is 0 Å². The molecular weight excluding hydrogens is 331 g/mol. The molecule has 0 saturated heterocycles. The van der Waals surface area contributed by atoms with Gasteiger partial charge in [-0.1, -0.05) is 0 Å². The minimum absolute atomic E-state index is 0. The van der Waals surface area contributed by atoms with E-state index in [1.54, 1.807) is 0 Å². The van der Waals surface area contributed by atoms with Gasteiger partial charge in [-0.05, 0) is 41.5 Å². The molecule has 0 aliphatic heterocycles. The van der Waals surface area contributed by atoms with Crippen molar-refractivity contribution in [3.8, 4) is 0 Å². The molecule has 0 aliphatic carbocycles. The second-order valence-electron chi connectivity index (χ2n) is 5.18. The van der Waals surface area contributed by atoms with Crippen molar-refractivity contribution in [1.82, 2.24) is 0 Å². The average molecular weight is 355 g/mol. The molecule has 2 nitrogen and oxygen atoms in total. The first kappa shape index (κ1) is 21.9. The number of hydrogen-bond acceptors (Lipinski definition) is 2. The predicted octanol–water partition coefficient (Wildman–Crippen LogP) is -0.706. The van der Waals surface area contributed by atoms with Gasteiger partial charge in [0.15, 0.2) is 0 Å². The van der Waals surface area contributed by atoms with Gasteiger partial charge < -0.3 is 39.8 Å². The maximum atomic E-state index is 5.82. The van der Waals surface area contributed by atoms with Crippen molar-refractivity contribution in [3.63, 3.8) is 0 Å². The SMILES string of the molecule is [CH2-]C[SiH](OC(C)(C)C)OC(C)(C)C.[I-].[Mg+2]. The van der Waals surface area contributed by atoms with Crippen LogP contribution in [-0.2, 0) is 8.85 Å². The fourth-order valence-electron chi connectivity index (χ4n) is 0.931. The van der Waals surface area contributed by atoms with Gasteiger partial charge in [-0.15, -0.1) is 6.04 Å². The van der Waals surface area contributed by atoms with Crippen molar-refractivity contribution in [3.05, 3.63) is 6.92 Å². The zero-order valence-electron chi connectivity index (χ0n) is 10.9. The summed E-state index contributed by atoms with van der Waals surface area (Å²) in [7, 11) is -1.57. The van der Waals surface area contributed by atoms with Crippen molar-refractivity contribution in [2.75, 3.05) is 0 Å². The van der Waals surface area contributed by atoms with Crippen LogP contribution in [0, 0.1) is 6.92 Å². The molecule has 0 fully saturated rings. The minimum atomic E-state index is -1.57. The Morgan fingerprint density at radius 2 is 1.20 bits per heavy atom. The van der Waals surface area contributed by atoms with E-state index in [1.807, 2.05) is 0 Å². The van der Waals surface area contributed by atoms with Crippen LogP contribution in [0.25, 0.3) is 0 Å². The van der Waals surface area contributed by atoms with Crippen LogP contribution in [0.15, 0.2) is 0 Å². The van der Waals surface area contributed by atoms with E-state index < -0.39 is 9.28 Å². The van der Waals surface area contributed by atoms with Crippen LogP contribution in [-0.4, -0.2) is 43.5 Å². The molecule has 0 spiro atoms. The first-order valence-corrected chi connectivity index (χ1v) is 6.55. The van der Waals surface area contributed by atoms with Crippen LogP contribution in [0.1, 0.15) is 41.5 Å². The first-order chi connectivity index (χ1) is 5.64. The fraction of sp³-hybridized carbons (Fsp3) is 0.900. The molecule has 0 atom stereocenters. The van der Waals surface area contributed by atoms with E-state index in [4.69, 9.17) is 8.85 Å². The molecule has 0 saturated carbocycles. The van der Waals surface area contributed by atoms with E-state index in [1.165, 1.54) is 0 Å². The third kappa shape index (κ3) is 15.6. The molecule has 0 aromatic heterocycles. The summed E-state index contributed by atoms with van der Waals surface area (Å²) in [5.41, 5.74) is -0.223. The van der Waals surface area contributed by atoms with Crippen molar-refractivity contribution in [1.29, 1.82) is 0 Å². The number of halogens is 1. The van der Waals surface area contributed by atoms with Gasteiger partial charge in [-0.2, -0.15) is 0 Å².